The lowest BCUT2D eigenvalue weighted by Gasteiger charge is -2.16. The van der Waals surface area contributed by atoms with Crippen LogP contribution in [0, 0.1) is 11.2 Å². The third kappa shape index (κ3) is 5.38. The Bertz CT molecular complexity index is 663. The van der Waals surface area contributed by atoms with Gasteiger partial charge in [0.1, 0.15) is 17.3 Å². The minimum Gasteiger partial charge on any atom is -0.457 e. The molecular weight excluding hydrogens is 297 g/mol. The van der Waals surface area contributed by atoms with E-state index < -0.39 is 5.41 Å². The van der Waals surface area contributed by atoms with Crippen molar-refractivity contribution in [2.75, 3.05) is 0 Å². The Balaban J connectivity index is 1.92. The molecule has 0 radical (unpaired) electrons. The van der Waals surface area contributed by atoms with Crippen molar-refractivity contribution in [3.63, 3.8) is 0 Å². The van der Waals surface area contributed by atoms with Gasteiger partial charge in [0.15, 0.2) is 0 Å². The first-order chi connectivity index (χ1) is 10.8. The number of halogens is 1. The Morgan fingerprint density at radius 1 is 1.09 bits per heavy atom. The quantitative estimate of drug-likeness (QED) is 0.839. The molecule has 0 atom stereocenters. The van der Waals surface area contributed by atoms with Crippen LogP contribution in [0.1, 0.15) is 26.3 Å². The maximum Gasteiger partial charge on any atom is 0.329 e. The fraction of sp³-hybridized carbons (Fsp3) is 0.278. The highest BCUT2D eigenvalue weighted by atomic mass is 19.1. The van der Waals surface area contributed by atoms with E-state index in [1.807, 2.05) is 18.2 Å². The molecule has 2 rings (SSSR count). The molecule has 2 aromatic carbocycles. The fourth-order valence-electron chi connectivity index (χ4n) is 1.70. The van der Waals surface area contributed by atoms with Gasteiger partial charge in [0.25, 0.3) is 0 Å². The number of carbonyl (C=O) groups excluding carboxylic acids is 1. The van der Waals surface area contributed by atoms with E-state index in [9.17, 15) is 9.18 Å². The molecule has 1 N–H and O–H groups in total. The highest BCUT2D eigenvalue weighted by Crippen LogP contribution is 2.22. The van der Waals surface area contributed by atoms with Crippen molar-refractivity contribution in [3.8, 4) is 11.5 Å². The number of hydroxylamine groups is 1. The highest BCUT2D eigenvalue weighted by molar-refractivity contribution is 5.75. The lowest BCUT2D eigenvalue weighted by molar-refractivity contribution is -0.161. The first-order valence-electron chi connectivity index (χ1n) is 7.31. The summed E-state index contributed by atoms with van der Waals surface area (Å²) in [6, 6.07) is 13.1. The second-order valence-corrected chi connectivity index (χ2v) is 6.16. The summed E-state index contributed by atoms with van der Waals surface area (Å²) < 4.78 is 18.5. The molecule has 0 saturated carbocycles. The molecule has 0 saturated heterocycles. The number of carbonyl (C=O) groups is 1. The van der Waals surface area contributed by atoms with E-state index in [1.165, 1.54) is 12.1 Å². The molecule has 5 heteroatoms. The van der Waals surface area contributed by atoms with Crippen LogP contribution in [0.3, 0.4) is 0 Å². The van der Waals surface area contributed by atoms with Gasteiger partial charge in [-0.05, 0) is 62.7 Å². The number of ether oxygens (including phenoxy) is 1. The van der Waals surface area contributed by atoms with Gasteiger partial charge < -0.3 is 9.57 Å². The molecule has 0 bridgehead atoms. The Kier molecular flexibility index (Phi) is 5.34. The summed E-state index contributed by atoms with van der Waals surface area (Å²) in [7, 11) is 0. The molecule has 0 aliphatic heterocycles. The second kappa shape index (κ2) is 7.24. The zero-order valence-electron chi connectivity index (χ0n) is 13.4. The van der Waals surface area contributed by atoms with Crippen LogP contribution < -0.4 is 10.2 Å². The zero-order chi connectivity index (χ0) is 16.9. The standard InChI is InChI=1S/C18H20FNO3/c1-18(2,3)17(21)23-20-12-13-5-4-6-16(11-13)22-15-9-7-14(19)8-10-15/h4-11,20H,12H2,1-3H3. The average Bonchev–Trinajstić information content (AvgIpc) is 2.49. The van der Waals surface area contributed by atoms with Crippen molar-refractivity contribution >= 4 is 5.97 Å². The number of nitrogens with one attached hydrogen (secondary N) is 1. The van der Waals surface area contributed by atoms with Gasteiger partial charge in [0, 0.05) is 0 Å². The van der Waals surface area contributed by atoms with Crippen molar-refractivity contribution in [1.29, 1.82) is 0 Å². The van der Waals surface area contributed by atoms with Crippen molar-refractivity contribution in [1.82, 2.24) is 5.48 Å². The van der Waals surface area contributed by atoms with E-state index >= 15 is 0 Å². The van der Waals surface area contributed by atoms with Crippen LogP contribution in [0.2, 0.25) is 0 Å². The fourth-order valence-corrected chi connectivity index (χ4v) is 1.70. The molecule has 0 spiro atoms. The van der Waals surface area contributed by atoms with Gasteiger partial charge in [-0.3, -0.25) is 0 Å². The van der Waals surface area contributed by atoms with Crippen molar-refractivity contribution in [2.45, 2.75) is 27.3 Å². The summed E-state index contributed by atoms with van der Waals surface area (Å²) >= 11 is 0. The zero-order valence-corrected chi connectivity index (χ0v) is 13.4. The van der Waals surface area contributed by atoms with Crippen LogP contribution in [0.5, 0.6) is 11.5 Å². The Hall–Kier alpha value is -2.40. The molecule has 23 heavy (non-hydrogen) atoms. The molecule has 0 amide bonds. The van der Waals surface area contributed by atoms with Gasteiger partial charge in [0.05, 0.1) is 12.0 Å². The predicted molar refractivity (Wildman–Crippen MR) is 85.3 cm³/mol. The van der Waals surface area contributed by atoms with Gasteiger partial charge >= 0.3 is 5.97 Å². The maximum atomic E-state index is 12.9. The van der Waals surface area contributed by atoms with Crippen LogP contribution in [0.15, 0.2) is 48.5 Å². The summed E-state index contributed by atoms with van der Waals surface area (Å²) in [5.41, 5.74) is 2.99. The number of hydrogen-bond acceptors (Lipinski definition) is 4. The average molecular weight is 317 g/mol. The van der Waals surface area contributed by atoms with Crippen molar-refractivity contribution < 1.29 is 18.8 Å². The molecule has 0 heterocycles. The third-order valence-corrected chi connectivity index (χ3v) is 3.00. The molecule has 0 aromatic heterocycles. The number of rotatable bonds is 5. The molecule has 2 aromatic rings. The smallest absolute Gasteiger partial charge is 0.329 e. The SMILES string of the molecule is CC(C)(C)C(=O)ONCc1cccc(Oc2ccc(F)cc2)c1. The lowest BCUT2D eigenvalue weighted by atomic mass is 9.98. The van der Waals surface area contributed by atoms with Crippen molar-refractivity contribution in [2.24, 2.45) is 5.41 Å². The van der Waals surface area contributed by atoms with E-state index in [1.54, 1.807) is 39.0 Å². The van der Waals surface area contributed by atoms with Crippen LogP contribution in [0.4, 0.5) is 4.39 Å². The van der Waals surface area contributed by atoms with E-state index in [0.29, 0.717) is 18.0 Å². The summed E-state index contributed by atoms with van der Waals surface area (Å²) in [6.07, 6.45) is 0. The van der Waals surface area contributed by atoms with Gasteiger partial charge in [-0.2, -0.15) is 0 Å². The van der Waals surface area contributed by atoms with Gasteiger partial charge in [0.2, 0.25) is 0 Å². The minimum absolute atomic E-state index is 0.309. The Morgan fingerprint density at radius 3 is 2.43 bits per heavy atom. The predicted octanol–water partition coefficient (Wildman–Crippen LogP) is 4.21. The molecule has 0 aliphatic carbocycles. The normalized spacial score (nSPS) is 11.1. The molecule has 4 nitrogen and oxygen atoms in total. The minimum atomic E-state index is -0.555. The summed E-state index contributed by atoms with van der Waals surface area (Å²) in [4.78, 5) is 16.7. The lowest BCUT2D eigenvalue weighted by Crippen LogP contribution is -2.29. The van der Waals surface area contributed by atoms with E-state index in [2.05, 4.69) is 5.48 Å². The van der Waals surface area contributed by atoms with Crippen molar-refractivity contribution in [3.05, 3.63) is 59.9 Å². The second-order valence-electron chi connectivity index (χ2n) is 6.16. The highest BCUT2D eigenvalue weighted by Gasteiger charge is 2.23. The number of benzene rings is 2. The van der Waals surface area contributed by atoms with Gasteiger partial charge in [-0.1, -0.05) is 12.1 Å². The van der Waals surface area contributed by atoms with Gasteiger partial charge in [-0.25, -0.2) is 9.18 Å². The Morgan fingerprint density at radius 2 is 1.78 bits per heavy atom. The van der Waals surface area contributed by atoms with Crippen LogP contribution in [-0.2, 0) is 16.2 Å². The largest absolute Gasteiger partial charge is 0.457 e. The topological polar surface area (TPSA) is 47.6 Å². The molecule has 0 unspecified atom stereocenters. The molecular formula is C18H20FNO3. The Labute approximate surface area is 135 Å². The maximum absolute atomic E-state index is 12.9. The molecule has 122 valence electrons. The summed E-state index contributed by atoms with van der Waals surface area (Å²) in [6.45, 7) is 5.72. The first kappa shape index (κ1) is 17.0. The van der Waals surface area contributed by atoms with E-state index in [4.69, 9.17) is 9.57 Å². The molecule has 0 aliphatic rings. The van der Waals surface area contributed by atoms with E-state index in [-0.39, 0.29) is 11.8 Å². The van der Waals surface area contributed by atoms with Gasteiger partial charge in [-0.15, -0.1) is 5.48 Å². The molecule has 0 fully saturated rings. The van der Waals surface area contributed by atoms with Crippen LogP contribution >= 0.6 is 0 Å². The summed E-state index contributed by atoms with van der Waals surface area (Å²) in [5.74, 6) is 0.543. The van der Waals surface area contributed by atoms with E-state index in [0.717, 1.165) is 5.56 Å². The first-order valence-corrected chi connectivity index (χ1v) is 7.31. The van der Waals surface area contributed by atoms with Crippen LogP contribution in [0.25, 0.3) is 0 Å². The monoisotopic (exact) mass is 317 g/mol. The third-order valence-electron chi connectivity index (χ3n) is 3.00. The van der Waals surface area contributed by atoms with Crippen LogP contribution in [-0.4, -0.2) is 5.97 Å². The number of hydrogen-bond donors (Lipinski definition) is 1. The summed E-state index contributed by atoms with van der Waals surface area (Å²) in [5, 5.41) is 0.